The molecule has 3 heteroatoms. The van der Waals surface area contributed by atoms with Gasteiger partial charge in [-0.1, -0.05) is 26.2 Å². The molecule has 2 rings (SSSR count). The third-order valence-corrected chi connectivity index (χ3v) is 3.90. The largest absolute Gasteiger partial charge is 0.481 e. The van der Waals surface area contributed by atoms with E-state index < -0.39 is 11.4 Å². The first kappa shape index (κ1) is 10.9. The first-order valence-electron chi connectivity index (χ1n) is 6.07. The average Bonchev–Trinajstić information content (AvgIpc) is 2.95. The SMILES string of the molecule is CCCCCC1(C(=O)O)CCC2OC2C1. The molecule has 2 fully saturated rings. The number of carbonyl (C=O) groups is 1. The molecule has 0 aromatic heterocycles. The Bertz CT molecular complexity index is 251. The van der Waals surface area contributed by atoms with Gasteiger partial charge >= 0.3 is 5.97 Å². The zero-order chi connectivity index (χ0) is 10.9. The quantitative estimate of drug-likeness (QED) is 0.563. The van der Waals surface area contributed by atoms with E-state index in [9.17, 15) is 9.90 Å². The number of carboxylic acid groups (broad SMARTS) is 1. The van der Waals surface area contributed by atoms with Crippen LogP contribution in [0, 0.1) is 5.41 Å². The molecule has 1 aliphatic heterocycles. The van der Waals surface area contributed by atoms with Gasteiger partial charge in [-0.25, -0.2) is 0 Å². The van der Waals surface area contributed by atoms with Crippen LogP contribution in [-0.2, 0) is 9.53 Å². The number of rotatable bonds is 5. The molecular weight excluding hydrogens is 192 g/mol. The number of unbranched alkanes of at least 4 members (excludes halogenated alkanes) is 2. The van der Waals surface area contributed by atoms with Crippen molar-refractivity contribution in [2.24, 2.45) is 5.41 Å². The topological polar surface area (TPSA) is 49.8 Å². The molecule has 1 heterocycles. The summed E-state index contributed by atoms with van der Waals surface area (Å²) >= 11 is 0. The van der Waals surface area contributed by atoms with Crippen LogP contribution in [0.1, 0.15) is 51.9 Å². The highest BCUT2D eigenvalue weighted by Crippen LogP contribution is 2.49. The predicted molar refractivity (Wildman–Crippen MR) is 56.7 cm³/mol. The molecule has 0 spiro atoms. The van der Waals surface area contributed by atoms with Gasteiger partial charge in [-0.05, 0) is 25.7 Å². The smallest absolute Gasteiger partial charge is 0.309 e. The Morgan fingerprint density at radius 1 is 1.47 bits per heavy atom. The van der Waals surface area contributed by atoms with Crippen LogP contribution in [0.5, 0.6) is 0 Å². The van der Waals surface area contributed by atoms with Crippen molar-refractivity contribution in [2.75, 3.05) is 0 Å². The van der Waals surface area contributed by atoms with Crippen LogP contribution in [-0.4, -0.2) is 23.3 Å². The second-order valence-electron chi connectivity index (χ2n) is 5.00. The highest BCUT2D eigenvalue weighted by atomic mass is 16.6. The van der Waals surface area contributed by atoms with Crippen molar-refractivity contribution < 1.29 is 14.6 Å². The lowest BCUT2D eigenvalue weighted by Crippen LogP contribution is -2.36. The van der Waals surface area contributed by atoms with Crippen molar-refractivity contribution in [3.63, 3.8) is 0 Å². The fourth-order valence-electron chi connectivity index (χ4n) is 2.76. The molecule has 2 aliphatic rings. The van der Waals surface area contributed by atoms with Crippen molar-refractivity contribution in [1.82, 2.24) is 0 Å². The maximum Gasteiger partial charge on any atom is 0.309 e. The van der Waals surface area contributed by atoms with Gasteiger partial charge in [0.15, 0.2) is 0 Å². The summed E-state index contributed by atoms with van der Waals surface area (Å²) in [7, 11) is 0. The van der Waals surface area contributed by atoms with Gasteiger partial charge in [0, 0.05) is 0 Å². The molecule has 0 aromatic rings. The molecule has 1 saturated carbocycles. The molecule has 86 valence electrons. The third-order valence-electron chi connectivity index (χ3n) is 3.90. The van der Waals surface area contributed by atoms with Crippen LogP contribution in [0.4, 0.5) is 0 Å². The van der Waals surface area contributed by atoms with E-state index in [1.165, 1.54) is 0 Å². The standard InChI is InChI=1S/C12H20O3/c1-2-3-4-6-12(11(13)14)7-5-9-10(8-12)15-9/h9-10H,2-8H2,1H3,(H,13,14). The van der Waals surface area contributed by atoms with E-state index in [4.69, 9.17) is 4.74 Å². The summed E-state index contributed by atoms with van der Waals surface area (Å²) in [6, 6.07) is 0. The summed E-state index contributed by atoms with van der Waals surface area (Å²) in [6.45, 7) is 2.15. The molecule has 3 nitrogen and oxygen atoms in total. The summed E-state index contributed by atoms with van der Waals surface area (Å²) in [6.07, 6.45) is 7.33. The van der Waals surface area contributed by atoms with E-state index in [-0.39, 0.29) is 6.10 Å². The van der Waals surface area contributed by atoms with Gasteiger partial charge < -0.3 is 9.84 Å². The first-order valence-corrected chi connectivity index (χ1v) is 6.07. The first-order chi connectivity index (χ1) is 7.18. The maximum absolute atomic E-state index is 11.4. The van der Waals surface area contributed by atoms with Gasteiger partial charge in [-0.3, -0.25) is 4.79 Å². The number of hydrogen-bond donors (Lipinski definition) is 1. The van der Waals surface area contributed by atoms with Crippen LogP contribution < -0.4 is 0 Å². The normalized spacial score (nSPS) is 38.5. The van der Waals surface area contributed by atoms with E-state index in [0.29, 0.717) is 6.10 Å². The summed E-state index contributed by atoms with van der Waals surface area (Å²) in [5, 5.41) is 9.37. The Morgan fingerprint density at radius 3 is 2.87 bits per heavy atom. The fraction of sp³-hybridized carbons (Fsp3) is 0.917. The lowest BCUT2D eigenvalue weighted by Gasteiger charge is -2.31. The van der Waals surface area contributed by atoms with E-state index in [2.05, 4.69) is 6.92 Å². The molecule has 15 heavy (non-hydrogen) atoms. The maximum atomic E-state index is 11.4. The molecule has 0 radical (unpaired) electrons. The Labute approximate surface area is 90.8 Å². The lowest BCUT2D eigenvalue weighted by molar-refractivity contribution is -0.151. The molecule has 0 amide bonds. The van der Waals surface area contributed by atoms with Crippen LogP contribution >= 0.6 is 0 Å². The average molecular weight is 212 g/mol. The summed E-state index contributed by atoms with van der Waals surface area (Å²) in [5.74, 6) is -0.604. The minimum absolute atomic E-state index is 0.261. The van der Waals surface area contributed by atoms with Gasteiger partial charge in [0.25, 0.3) is 0 Å². The van der Waals surface area contributed by atoms with E-state index >= 15 is 0 Å². The molecule has 0 aromatic carbocycles. The zero-order valence-electron chi connectivity index (χ0n) is 9.37. The number of carboxylic acids is 1. The van der Waals surface area contributed by atoms with Crippen LogP contribution in [0.15, 0.2) is 0 Å². The molecular formula is C12H20O3. The second kappa shape index (κ2) is 4.12. The molecule has 0 bridgehead atoms. The Kier molecular flexibility index (Phi) is 3.01. The minimum atomic E-state index is -0.604. The number of hydrogen-bond acceptors (Lipinski definition) is 2. The Balaban J connectivity index is 1.93. The minimum Gasteiger partial charge on any atom is -0.481 e. The highest BCUT2D eigenvalue weighted by Gasteiger charge is 2.53. The molecule has 1 saturated heterocycles. The second-order valence-corrected chi connectivity index (χ2v) is 5.00. The van der Waals surface area contributed by atoms with Crippen molar-refractivity contribution in [2.45, 2.75) is 64.1 Å². The monoisotopic (exact) mass is 212 g/mol. The van der Waals surface area contributed by atoms with Gasteiger partial charge in [-0.2, -0.15) is 0 Å². The van der Waals surface area contributed by atoms with Gasteiger partial charge in [0.05, 0.1) is 17.6 Å². The lowest BCUT2D eigenvalue weighted by atomic mass is 9.71. The van der Waals surface area contributed by atoms with E-state index in [1.54, 1.807) is 0 Å². The number of fused-ring (bicyclic) bond motifs is 1. The van der Waals surface area contributed by atoms with Gasteiger partial charge in [0.2, 0.25) is 0 Å². The zero-order valence-corrected chi connectivity index (χ0v) is 9.37. The number of ether oxygens (including phenoxy) is 1. The number of epoxide rings is 1. The predicted octanol–water partition coefficient (Wildman–Crippen LogP) is 2.59. The number of aliphatic carboxylic acids is 1. The Hall–Kier alpha value is -0.570. The van der Waals surface area contributed by atoms with Crippen molar-refractivity contribution in [3.05, 3.63) is 0 Å². The fourth-order valence-corrected chi connectivity index (χ4v) is 2.76. The van der Waals surface area contributed by atoms with Crippen molar-refractivity contribution in [3.8, 4) is 0 Å². The molecule has 3 atom stereocenters. The van der Waals surface area contributed by atoms with Crippen LogP contribution in [0.3, 0.4) is 0 Å². The summed E-state index contributed by atoms with van der Waals surface area (Å²) in [4.78, 5) is 11.4. The third kappa shape index (κ3) is 2.17. The molecule has 1 N–H and O–H groups in total. The van der Waals surface area contributed by atoms with Crippen molar-refractivity contribution >= 4 is 5.97 Å². The summed E-state index contributed by atoms with van der Waals surface area (Å²) in [5.41, 5.74) is -0.465. The Morgan fingerprint density at radius 2 is 2.27 bits per heavy atom. The van der Waals surface area contributed by atoms with Crippen LogP contribution in [0.25, 0.3) is 0 Å². The molecule has 3 unspecified atom stereocenters. The van der Waals surface area contributed by atoms with Crippen molar-refractivity contribution in [1.29, 1.82) is 0 Å². The van der Waals surface area contributed by atoms with Crippen LogP contribution in [0.2, 0.25) is 0 Å². The van der Waals surface area contributed by atoms with E-state index in [1.807, 2.05) is 0 Å². The van der Waals surface area contributed by atoms with E-state index in [0.717, 1.165) is 44.9 Å². The van der Waals surface area contributed by atoms with Gasteiger partial charge in [0.1, 0.15) is 0 Å². The van der Waals surface area contributed by atoms with Gasteiger partial charge in [-0.15, -0.1) is 0 Å². The summed E-state index contributed by atoms with van der Waals surface area (Å²) < 4.78 is 5.43. The highest BCUT2D eigenvalue weighted by molar-refractivity contribution is 5.75. The molecule has 1 aliphatic carbocycles.